The average Bonchev–Trinajstić information content (AvgIpc) is 2.72. The van der Waals surface area contributed by atoms with Crippen molar-refractivity contribution in [2.24, 2.45) is 0 Å². The van der Waals surface area contributed by atoms with Crippen LogP contribution in [0.3, 0.4) is 0 Å². The Morgan fingerprint density at radius 3 is 2.43 bits per heavy atom. The fourth-order valence-corrected chi connectivity index (χ4v) is 3.11. The Balaban J connectivity index is 2.21. The van der Waals surface area contributed by atoms with Gasteiger partial charge in [-0.05, 0) is 36.2 Å². The number of nitrogens with zero attached hydrogens (tertiary/aromatic N) is 1. The molecule has 0 spiro atoms. The smallest absolute Gasteiger partial charge is 0.255 e. The number of rotatable bonds is 3. The molecule has 4 nitrogen and oxygen atoms in total. The maximum absolute atomic E-state index is 12.6. The molecule has 1 heterocycles. The highest BCUT2D eigenvalue weighted by Gasteiger charge is 2.46. The molecule has 4 heteroatoms. The van der Waals surface area contributed by atoms with E-state index in [9.17, 15) is 15.0 Å². The minimum absolute atomic E-state index is 0.0739. The molecule has 3 rings (SSSR count). The Bertz CT molecular complexity index is 681. The number of fused-ring (bicyclic) bond motifs is 1. The molecule has 2 aromatic rings. The molecule has 0 aromatic heterocycles. The Labute approximate surface area is 123 Å². The Hall–Kier alpha value is -2.33. The van der Waals surface area contributed by atoms with Crippen molar-refractivity contribution in [2.45, 2.75) is 12.5 Å². The highest BCUT2D eigenvalue weighted by atomic mass is 16.3. The van der Waals surface area contributed by atoms with Gasteiger partial charge in [-0.25, -0.2) is 0 Å². The van der Waals surface area contributed by atoms with Crippen molar-refractivity contribution in [3.63, 3.8) is 0 Å². The average molecular weight is 283 g/mol. The largest absolute Gasteiger partial charge is 0.508 e. The van der Waals surface area contributed by atoms with E-state index in [0.717, 1.165) is 11.1 Å². The van der Waals surface area contributed by atoms with E-state index < -0.39 is 5.54 Å². The Kier molecular flexibility index (Phi) is 3.18. The van der Waals surface area contributed by atoms with Crippen LogP contribution in [0.4, 0.5) is 0 Å². The van der Waals surface area contributed by atoms with Crippen LogP contribution in [0.1, 0.15) is 28.4 Å². The second kappa shape index (κ2) is 4.90. The van der Waals surface area contributed by atoms with E-state index in [2.05, 4.69) is 0 Å². The lowest BCUT2D eigenvalue weighted by molar-refractivity contribution is 0.0598. The summed E-state index contributed by atoms with van der Waals surface area (Å²) in [5.41, 5.74) is 1.87. The fraction of sp³-hybridized carbons (Fsp3) is 0.235. The second-order valence-electron chi connectivity index (χ2n) is 5.35. The van der Waals surface area contributed by atoms with E-state index in [1.807, 2.05) is 43.3 Å². The number of carbonyl (C=O) groups is 1. The number of phenolic OH excluding ortho intramolecular Hbond substituents is 1. The molecule has 2 aromatic carbocycles. The molecule has 0 bridgehead atoms. The fourth-order valence-electron chi connectivity index (χ4n) is 3.11. The molecular formula is C17H17NO3. The van der Waals surface area contributed by atoms with Gasteiger partial charge in [-0.2, -0.15) is 0 Å². The molecule has 1 aliphatic rings. The van der Waals surface area contributed by atoms with Crippen LogP contribution >= 0.6 is 0 Å². The van der Waals surface area contributed by atoms with Crippen molar-refractivity contribution >= 4 is 5.91 Å². The minimum atomic E-state index is -0.635. The first kappa shape index (κ1) is 13.6. The molecule has 0 saturated carbocycles. The Morgan fingerprint density at radius 2 is 1.76 bits per heavy atom. The van der Waals surface area contributed by atoms with Gasteiger partial charge in [-0.3, -0.25) is 4.79 Å². The number of hydrogen-bond acceptors (Lipinski definition) is 3. The molecule has 0 fully saturated rings. The van der Waals surface area contributed by atoms with E-state index in [4.69, 9.17) is 0 Å². The minimum Gasteiger partial charge on any atom is -0.508 e. The molecule has 1 atom stereocenters. The maximum atomic E-state index is 12.6. The van der Waals surface area contributed by atoms with Crippen molar-refractivity contribution in [2.75, 3.05) is 13.2 Å². The van der Waals surface area contributed by atoms with Crippen LogP contribution < -0.4 is 0 Å². The van der Waals surface area contributed by atoms with Gasteiger partial charge in [-0.15, -0.1) is 0 Å². The lowest BCUT2D eigenvalue weighted by Gasteiger charge is -2.36. The maximum Gasteiger partial charge on any atom is 0.255 e. The summed E-state index contributed by atoms with van der Waals surface area (Å²) in [6.45, 7) is 2.15. The SMILES string of the molecule is CC1(c2ccc(O)cc2)c2ccccc2C(=O)N1CCO. The predicted molar refractivity (Wildman–Crippen MR) is 79.1 cm³/mol. The monoisotopic (exact) mass is 283 g/mol. The van der Waals surface area contributed by atoms with Crippen molar-refractivity contribution in [3.8, 4) is 5.75 Å². The summed E-state index contributed by atoms with van der Waals surface area (Å²) in [7, 11) is 0. The van der Waals surface area contributed by atoms with E-state index in [1.165, 1.54) is 0 Å². The molecular weight excluding hydrogens is 266 g/mol. The topological polar surface area (TPSA) is 60.8 Å². The van der Waals surface area contributed by atoms with Gasteiger partial charge in [0.05, 0.1) is 12.1 Å². The van der Waals surface area contributed by atoms with Crippen LogP contribution in [0, 0.1) is 0 Å². The van der Waals surface area contributed by atoms with E-state index in [1.54, 1.807) is 17.0 Å². The van der Waals surface area contributed by atoms with Crippen LogP contribution in [0.2, 0.25) is 0 Å². The summed E-state index contributed by atoms with van der Waals surface area (Å²) in [4.78, 5) is 14.3. The molecule has 108 valence electrons. The first-order valence-corrected chi connectivity index (χ1v) is 6.91. The van der Waals surface area contributed by atoms with Gasteiger partial charge >= 0.3 is 0 Å². The van der Waals surface area contributed by atoms with Crippen molar-refractivity contribution in [1.82, 2.24) is 4.90 Å². The van der Waals surface area contributed by atoms with Gasteiger partial charge in [-0.1, -0.05) is 30.3 Å². The first-order chi connectivity index (χ1) is 10.1. The predicted octanol–water partition coefficient (Wildman–Crippen LogP) is 2.10. The number of phenols is 1. The van der Waals surface area contributed by atoms with Crippen LogP contribution in [-0.4, -0.2) is 34.2 Å². The lowest BCUT2D eigenvalue weighted by atomic mass is 9.84. The number of amides is 1. The van der Waals surface area contributed by atoms with Crippen molar-refractivity contribution in [1.29, 1.82) is 0 Å². The number of benzene rings is 2. The summed E-state index contributed by atoms with van der Waals surface area (Å²) >= 11 is 0. The zero-order valence-corrected chi connectivity index (χ0v) is 11.8. The number of aliphatic hydroxyl groups is 1. The van der Waals surface area contributed by atoms with Gasteiger partial charge in [0.1, 0.15) is 5.75 Å². The molecule has 1 aliphatic heterocycles. The number of carbonyl (C=O) groups excluding carboxylic acids is 1. The van der Waals surface area contributed by atoms with E-state index in [0.29, 0.717) is 5.56 Å². The van der Waals surface area contributed by atoms with Gasteiger partial charge < -0.3 is 15.1 Å². The molecule has 1 unspecified atom stereocenters. The Morgan fingerprint density at radius 1 is 1.10 bits per heavy atom. The van der Waals surface area contributed by atoms with Crippen LogP contribution in [-0.2, 0) is 5.54 Å². The molecule has 0 radical (unpaired) electrons. The lowest BCUT2D eigenvalue weighted by Crippen LogP contribution is -2.43. The number of aromatic hydroxyl groups is 1. The first-order valence-electron chi connectivity index (χ1n) is 6.91. The van der Waals surface area contributed by atoms with E-state index >= 15 is 0 Å². The third-order valence-electron chi connectivity index (χ3n) is 4.22. The number of β-amino-alcohol motifs (C(OH)–C–C–N with tert-alkyl or cyclic N) is 1. The highest BCUT2D eigenvalue weighted by Crippen LogP contribution is 2.43. The summed E-state index contributed by atoms with van der Waals surface area (Å²) < 4.78 is 0. The zero-order chi connectivity index (χ0) is 15.0. The number of hydrogen-bond donors (Lipinski definition) is 2. The van der Waals surface area contributed by atoms with Crippen molar-refractivity contribution < 1.29 is 15.0 Å². The second-order valence-corrected chi connectivity index (χ2v) is 5.35. The summed E-state index contributed by atoms with van der Waals surface area (Å²) in [5.74, 6) is 0.115. The van der Waals surface area contributed by atoms with Gasteiger partial charge in [0.25, 0.3) is 5.91 Å². The molecule has 0 aliphatic carbocycles. The van der Waals surface area contributed by atoms with Crippen LogP contribution in [0.15, 0.2) is 48.5 Å². The molecule has 2 N–H and O–H groups in total. The van der Waals surface area contributed by atoms with Crippen LogP contribution in [0.25, 0.3) is 0 Å². The molecule has 0 saturated heterocycles. The highest BCUT2D eigenvalue weighted by molar-refractivity contribution is 6.00. The van der Waals surface area contributed by atoms with Crippen LogP contribution in [0.5, 0.6) is 5.75 Å². The quantitative estimate of drug-likeness (QED) is 0.907. The van der Waals surface area contributed by atoms with Gasteiger partial charge in [0, 0.05) is 12.1 Å². The molecule has 21 heavy (non-hydrogen) atoms. The standard InChI is InChI=1S/C17H17NO3/c1-17(12-6-8-13(20)9-7-12)15-5-3-2-4-14(15)16(21)18(17)10-11-19/h2-9,19-20H,10-11H2,1H3. The van der Waals surface area contributed by atoms with Gasteiger partial charge in [0.2, 0.25) is 0 Å². The summed E-state index contributed by atoms with van der Waals surface area (Å²) in [5, 5.41) is 18.8. The third-order valence-corrected chi connectivity index (χ3v) is 4.22. The van der Waals surface area contributed by atoms with Gasteiger partial charge in [0.15, 0.2) is 0 Å². The summed E-state index contributed by atoms with van der Waals surface area (Å²) in [6.07, 6.45) is 0. The van der Waals surface area contributed by atoms with Crippen molar-refractivity contribution in [3.05, 3.63) is 65.2 Å². The summed E-state index contributed by atoms with van der Waals surface area (Å²) in [6, 6.07) is 14.4. The third kappa shape index (κ3) is 1.91. The normalized spacial score (nSPS) is 20.7. The van der Waals surface area contributed by atoms with E-state index in [-0.39, 0.29) is 24.8 Å². The molecule has 1 amide bonds. The zero-order valence-electron chi connectivity index (χ0n) is 11.8. The number of aliphatic hydroxyl groups excluding tert-OH is 1.